The first-order chi connectivity index (χ1) is 13.6. The van der Waals surface area contributed by atoms with Crippen molar-refractivity contribution in [2.75, 3.05) is 24.5 Å². The lowest BCUT2D eigenvalue weighted by Crippen LogP contribution is -2.50. The molecule has 5 rings (SSSR count). The number of amides is 2. The van der Waals surface area contributed by atoms with Crippen molar-refractivity contribution in [1.82, 2.24) is 9.47 Å². The average Bonchev–Trinajstić information content (AvgIpc) is 3.10. The normalized spacial score (nSPS) is 26.3. The van der Waals surface area contributed by atoms with E-state index in [4.69, 9.17) is 0 Å². The largest absolute Gasteiger partial charge is 0.341 e. The van der Waals surface area contributed by atoms with Gasteiger partial charge in [-0.25, -0.2) is 0 Å². The Balaban J connectivity index is 1.33. The summed E-state index contributed by atoms with van der Waals surface area (Å²) in [7, 11) is 0. The van der Waals surface area contributed by atoms with Gasteiger partial charge in [0.25, 0.3) is 5.56 Å². The summed E-state index contributed by atoms with van der Waals surface area (Å²) < 4.78 is 1.87. The van der Waals surface area contributed by atoms with Crippen LogP contribution < -0.4 is 10.5 Å². The summed E-state index contributed by atoms with van der Waals surface area (Å²) in [6, 6.07) is 15.0. The predicted octanol–water partition coefficient (Wildman–Crippen LogP) is 1.85. The lowest BCUT2D eigenvalue weighted by atomic mass is 9.82. The molecule has 1 unspecified atom stereocenters. The van der Waals surface area contributed by atoms with Crippen LogP contribution in [0.15, 0.2) is 53.3 Å². The van der Waals surface area contributed by atoms with E-state index < -0.39 is 0 Å². The maximum Gasteiger partial charge on any atom is 0.250 e. The van der Waals surface area contributed by atoms with Gasteiger partial charge in [-0.05, 0) is 30.5 Å². The van der Waals surface area contributed by atoms with E-state index in [9.17, 15) is 14.4 Å². The Morgan fingerprint density at radius 1 is 0.893 bits per heavy atom. The highest BCUT2D eigenvalue weighted by Gasteiger charge is 2.41. The Hall–Kier alpha value is -2.89. The SMILES string of the molecule is O=C(C1CC(=O)N(c2ccccc2)C1)N1C[C@@H]2C[C@H](C1)c1cccc(=O)n1C2. The minimum Gasteiger partial charge on any atom is -0.341 e. The number of fused-ring (bicyclic) bond motifs is 4. The molecule has 0 spiro atoms. The molecule has 2 amide bonds. The lowest BCUT2D eigenvalue weighted by Gasteiger charge is -2.43. The van der Waals surface area contributed by atoms with E-state index >= 15 is 0 Å². The van der Waals surface area contributed by atoms with Crippen molar-refractivity contribution < 1.29 is 9.59 Å². The van der Waals surface area contributed by atoms with Crippen molar-refractivity contribution in [3.63, 3.8) is 0 Å². The monoisotopic (exact) mass is 377 g/mol. The molecule has 6 nitrogen and oxygen atoms in total. The van der Waals surface area contributed by atoms with Crippen LogP contribution in [0.5, 0.6) is 0 Å². The van der Waals surface area contributed by atoms with Crippen molar-refractivity contribution in [2.45, 2.75) is 25.3 Å². The van der Waals surface area contributed by atoms with Crippen molar-refractivity contribution in [2.24, 2.45) is 11.8 Å². The number of aromatic nitrogens is 1. The van der Waals surface area contributed by atoms with Crippen LogP contribution in [-0.4, -0.2) is 40.9 Å². The number of likely N-dealkylation sites (tertiary alicyclic amines) is 1. The number of para-hydroxylation sites is 1. The number of carbonyl (C=O) groups excluding carboxylic acids is 2. The third-order valence-electron chi connectivity index (χ3n) is 6.33. The van der Waals surface area contributed by atoms with Crippen LogP contribution in [0, 0.1) is 11.8 Å². The molecule has 4 heterocycles. The van der Waals surface area contributed by atoms with Crippen molar-refractivity contribution >= 4 is 17.5 Å². The van der Waals surface area contributed by atoms with Gasteiger partial charge in [0.05, 0.1) is 5.92 Å². The van der Waals surface area contributed by atoms with Gasteiger partial charge < -0.3 is 14.4 Å². The van der Waals surface area contributed by atoms with Gasteiger partial charge in [0, 0.05) is 56.0 Å². The minimum atomic E-state index is -0.288. The second kappa shape index (κ2) is 6.62. The fraction of sp³-hybridized carbons (Fsp3) is 0.409. The Kier molecular flexibility index (Phi) is 4.07. The molecule has 2 bridgehead atoms. The summed E-state index contributed by atoms with van der Waals surface area (Å²) in [5.74, 6) is 0.307. The molecule has 0 aliphatic carbocycles. The van der Waals surface area contributed by atoms with Gasteiger partial charge in [-0.1, -0.05) is 24.3 Å². The highest BCUT2D eigenvalue weighted by Crippen LogP contribution is 2.36. The standard InChI is InChI=1S/C22H23N3O3/c26-20-8-4-7-19-16-9-15(12-25(19)20)11-23(13-16)22(28)17-10-21(27)24(14-17)18-5-2-1-3-6-18/h1-8,15-17H,9-14H2/t15-,16+,17?/m0/s1. The van der Waals surface area contributed by atoms with E-state index in [2.05, 4.69) is 0 Å². The quantitative estimate of drug-likeness (QED) is 0.802. The van der Waals surface area contributed by atoms with Crippen LogP contribution in [0.2, 0.25) is 0 Å². The molecule has 0 radical (unpaired) electrons. The van der Waals surface area contributed by atoms with Gasteiger partial charge in [0.15, 0.2) is 0 Å². The molecule has 1 aromatic heterocycles. The summed E-state index contributed by atoms with van der Waals surface area (Å²) >= 11 is 0. The van der Waals surface area contributed by atoms with Gasteiger partial charge in [-0.15, -0.1) is 0 Å². The summed E-state index contributed by atoms with van der Waals surface area (Å²) in [6.45, 7) is 2.43. The number of pyridine rings is 1. The van der Waals surface area contributed by atoms with E-state index in [1.807, 2.05) is 51.9 Å². The summed E-state index contributed by atoms with van der Waals surface area (Å²) in [5.41, 5.74) is 1.94. The first-order valence-electron chi connectivity index (χ1n) is 9.94. The number of benzene rings is 1. The second-order valence-corrected chi connectivity index (χ2v) is 8.18. The predicted molar refractivity (Wildman–Crippen MR) is 105 cm³/mol. The molecule has 144 valence electrons. The molecular weight excluding hydrogens is 354 g/mol. The first-order valence-corrected chi connectivity index (χ1v) is 9.94. The lowest BCUT2D eigenvalue weighted by molar-refractivity contribution is -0.138. The Morgan fingerprint density at radius 3 is 2.54 bits per heavy atom. The van der Waals surface area contributed by atoms with Crippen molar-refractivity contribution in [3.05, 3.63) is 64.6 Å². The van der Waals surface area contributed by atoms with Gasteiger partial charge >= 0.3 is 0 Å². The molecule has 3 atom stereocenters. The zero-order valence-electron chi connectivity index (χ0n) is 15.7. The molecule has 1 aromatic carbocycles. The maximum absolute atomic E-state index is 13.2. The zero-order chi connectivity index (χ0) is 19.3. The smallest absolute Gasteiger partial charge is 0.250 e. The van der Waals surface area contributed by atoms with Crippen LogP contribution in [0.3, 0.4) is 0 Å². The number of anilines is 1. The topological polar surface area (TPSA) is 62.6 Å². The van der Waals surface area contributed by atoms with Crippen molar-refractivity contribution in [3.8, 4) is 0 Å². The molecule has 0 N–H and O–H groups in total. The molecule has 28 heavy (non-hydrogen) atoms. The Morgan fingerprint density at radius 2 is 1.71 bits per heavy atom. The van der Waals surface area contributed by atoms with Crippen LogP contribution in [0.1, 0.15) is 24.5 Å². The number of nitrogens with zero attached hydrogens (tertiary/aromatic N) is 3. The number of rotatable bonds is 2. The molecule has 0 saturated carbocycles. The number of hydrogen-bond acceptors (Lipinski definition) is 3. The zero-order valence-corrected chi connectivity index (χ0v) is 15.7. The Bertz CT molecular complexity index is 984. The maximum atomic E-state index is 13.2. The van der Waals surface area contributed by atoms with Gasteiger partial charge in [0.1, 0.15) is 0 Å². The van der Waals surface area contributed by atoms with Crippen LogP contribution in [0.4, 0.5) is 5.69 Å². The fourth-order valence-electron chi connectivity index (χ4n) is 5.07. The highest BCUT2D eigenvalue weighted by molar-refractivity contribution is 6.00. The summed E-state index contributed by atoms with van der Waals surface area (Å²) in [4.78, 5) is 41.5. The van der Waals surface area contributed by atoms with E-state index in [-0.39, 0.29) is 35.6 Å². The fourth-order valence-corrected chi connectivity index (χ4v) is 5.07. The number of hydrogen-bond donors (Lipinski definition) is 0. The number of carbonyl (C=O) groups is 2. The second-order valence-electron chi connectivity index (χ2n) is 8.18. The summed E-state index contributed by atoms with van der Waals surface area (Å²) in [5, 5.41) is 0. The van der Waals surface area contributed by atoms with Gasteiger partial charge in [0.2, 0.25) is 11.8 Å². The molecule has 3 aliphatic heterocycles. The van der Waals surface area contributed by atoms with Gasteiger partial charge in [-0.2, -0.15) is 0 Å². The molecule has 3 aliphatic rings. The molecule has 2 fully saturated rings. The molecule has 2 saturated heterocycles. The highest BCUT2D eigenvalue weighted by atomic mass is 16.2. The minimum absolute atomic E-state index is 0.0126. The number of piperidine rings is 1. The average molecular weight is 377 g/mol. The van der Waals surface area contributed by atoms with Crippen LogP contribution >= 0.6 is 0 Å². The molecular formula is C22H23N3O3. The van der Waals surface area contributed by atoms with Crippen LogP contribution in [-0.2, 0) is 16.1 Å². The first kappa shape index (κ1) is 17.2. The van der Waals surface area contributed by atoms with Crippen molar-refractivity contribution in [1.29, 1.82) is 0 Å². The third-order valence-corrected chi connectivity index (χ3v) is 6.33. The van der Waals surface area contributed by atoms with E-state index in [0.29, 0.717) is 32.1 Å². The molecule has 6 heteroatoms. The van der Waals surface area contributed by atoms with Crippen LogP contribution in [0.25, 0.3) is 0 Å². The van der Waals surface area contributed by atoms with Gasteiger partial charge in [-0.3, -0.25) is 14.4 Å². The van der Waals surface area contributed by atoms with E-state index in [1.54, 1.807) is 11.0 Å². The Labute approximate surface area is 163 Å². The third kappa shape index (κ3) is 2.84. The summed E-state index contributed by atoms with van der Waals surface area (Å²) in [6.07, 6.45) is 1.29. The van der Waals surface area contributed by atoms with E-state index in [1.165, 1.54) is 0 Å². The molecule has 2 aromatic rings. The van der Waals surface area contributed by atoms with E-state index in [0.717, 1.165) is 17.8 Å².